The van der Waals surface area contributed by atoms with Crippen LogP contribution in [0.1, 0.15) is 46.0 Å². The van der Waals surface area contributed by atoms with Gasteiger partial charge in [0.05, 0.1) is 0 Å². The molecule has 15 heavy (non-hydrogen) atoms. The van der Waals surface area contributed by atoms with Gasteiger partial charge in [-0.3, -0.25) is 4.79 Å². The Balaban J connectivity index is 2.35. The fourth-order valence-electron chi connectivity index (χ4n) is 1.95. The van der Waals surface area contributed by atoms with Crippen molar-refractivity contribution in [3.8, 4) is 0 Å². The molecule has 2 nitrogen and oxygen atoms in total. The zero-order chi connectivity index (χ0) is 11.5. The van der Waals surface area contributed by atoms with Gasteiger partial charge >= 0.3 is 0 Å². The van der Waals surface area contributed by atoms with E-state index in [-0.39, 0.29) is 30.7 Å². The molecule has 0 radical (unpaired) electrons. The molecular weight excluding hydrogens is 200 g/mol. The van der Waals surface area contributed by atoms with Gasteiger partial charge in [-0.1, -0.05) is 13.8 Å². The summed E-state index contributed by atoms with van der Waals surface area (Å²) in [5.74, 6) is -2.42. The minimum atomic E-state index is -2.59. The van der Waals surface area contributed by atoms with Crippen LogP contribution in [0.3, 0.4) is 0 Å². The average molecular weight is 219 g/mol. The smallest absolute Gasteiger partial charge is 0.250 e. The summed E-state index contributed by atoms with van der Waals surface area (Å²) in [6.07, 6.45) is 1.36. The van der Waals surface area contributed by atoms with Crippen molar-refractivity contribution >= 4 is 5.91 Å². The van der Waals surface area contributed by atoms with Crippen LogP contribution in [0.25, 0.3) is 0 Å². The largest absolute Gasteiger partial charge is 0.353 e. The highest BCUT2D eigenvalue weighted by Gasteiger charge is 2.36. The molecule has 0 bridgehead atoms. The maximum atomic E-state index is 13.0. The minimum absolute atomic E-state index is 0.0381. The molecule has 1 aliphatic rings. The molecule has 0 unspecified atom stereocenters. The molecule has 88 valence electrons. The van der Waals surface area contributed by atoms with E-state index < -0.39 is 5.92 Å². The van der Waals surface area contributed by atoms with Crippen LogP contribution in [0.2, 0.25) is 0 Å². The Bertz CT molecular complexity index is 229. The zero-order valence-corrected chi connectivity index (χ0v) is 9.35. The van der Waals surface area contributed by atoms with Gasteiger partial charge in [-0.2, -0.15) is 0 Å². The standard InChI is InChI=1S/C11H19F2NO/c1-8(2)6-10(15)14-9-4-3-5-11(12,13)7-9/h8-9H,3-7H2,1-2H3,(H,14,15)/t9-/m0/s1. The highest BCUT2D eigenvalue weighted by Crippen LogP contribution is 2.33. The van der Waals surface area contributed by atoms with Gasteiger partial charge in [-0.25, -0.2) is 8.78 Å². The third-order valence-electron chi connectivity index (χ3n) is 2.60. The van der Waals surface area contributed by atoms with Gasteiger partial charge in [0.25, 0.3) is 0 Å². The number of nitrogens with one attached hydrogen (secondary N) is 1. The lowest BCUT2D eigenvalue weighted by atomic mass is 9.92. The summed E-state index contributed by atoms with van der Waals surface area (Å²) in [7, 11) is 0. The molecule has 0 aromatic carbocycles. The molecule has 1 saturated carbocycles. The van der Waals surface area contributed by atoms with Crippen LogP contribution in [0.15, 0.2) is 0 Å². The molecule has 1 atom stereocenters. The van der Waals surface area contributed by atoms with E-state index in [4.69, 9.17) is 0 Å². The molecule has 1 N–H and O–H groups in total. The number of carbonyl (C=O) groups excluding carboxylic acids is 1. The summed E-state index contributed by atoms with van der Waals surface area (Å²) in [5.41, 5.74) is 0. The summed E-state index contributed by atoms with van der Waals surface area (Å²) in [6.45, 7) is 3.88. The molecule has 0 aromatic heterocycles. The van der Waals surface area contributed by atoms with E-state index >= 15 is 0 Å². The third kappa shape index (κ3) is 4.58. The van der Waals surface area contributed by atoms with Crippen LogP contribution in [0.5, 0.6) is 0 Å². The van der Waals surface area contributed by atoms with Crippen molar-refractivity contribution in [3.05, 3.63) is 0 Å². The minimum Gasteiger partial charge on any atom is -0.353 e. The summed E-state index contributed by atoms with van der Waals surface area (Å²) >= 11 is 0. The number of amides is 1. The van der Waals surface area contributed by atoms with Gasteiger partial charge in [0, 0.05) is 25.3 Å². The number of rotatable bonds is 3. The van der Waals surface area contributed by atoms with Gasteiger partial charge in [-0.05, 0) is 18.8 Å². The second-order valence-corrected chi connectivity index (χ2v) is 4.81. The lowest BCUT2D eigenvalue weighted by molar-refractivity contribution is -0.123. The first-order valence-corrected chi connectivity index (χ1v) is 5.56. The number of hydrogen-bond donors (Lipinski definition) is 1. The summed E-state index contributed by atoms with van der Waals surface area (Å²) in [4.78, 5) is 11.4. The number of carbonyl (C=O) groups is 1. The van der Waals surface area contributed by atoms with E-state index in [1.165, 1.54) is 0 Å². The van der Waals surface area contributed by atoms with Crippen molar-refractivity contribution in [1.82, 2.24) is 5.32 Å². The van der Waals surface area contributed by atoms with Crippen LogP contribution < -0.4 is 5.32 Å². The summed E-state index contributed by atoms with van der Waals surface area (Å²) in [6, 6.07) is -0.333. The highest BCUT2D eigenvalue weighted by molar-refractivity contribution is 5.76. The lowest BCUT2D eigenvalue weighted by Crippen LogP contribution is -2.42. The van der Waals surface area contributed by atoms with Crippen LogP contribution in [-0.4, -0.2) is 17.9 Å². The molecule has 0 saturated heterocycles. The SMILES string of the molecule is CC(C)CC(=O)N[C@H]1CCCC(F)(F)C1. The molecule has 0 spiro atoms. The Morgan fingerprint density at radius 1 is 1.53 bits per heavy atom. The van der Waals surface area contributed by atoms with Gasteiger partial charge in [0.2, 0.25) is 11.8 Å². The quantitative estimate of drug-likeness (QED) is 0.777. The molecule has 1 aliphatic carbocycles. The normalized spacial score (nSPS) is 25.3. The maximum absolute atomic E-state index is 13.0. The Hall–Kier alpha value is -0.670. The molecule has 1 fully saturated rings. The Morgan fingerprint density at radius 3 is 2.73 bits per heavy atom. The van der Waals surface area contributed by atoms with Crippen molar-refractivity contribution < 1.29 is 13.6 Å². The summed E-state index contributed by atoms with van der Waals surface area (Å²) < 4.78 is 26.0. The highest BCUT2D eigenvalue weighted by atomic mass is 19.3. The van der Waals surface area contributed by atoms with Crippen molar-refractivity contribution in [2.75, 3.05) is 0 Å². The second-order valence-electron chi connectivity index (χ2n) is 4.81. The summed E-state index contributed by atoms with van der Waals surface area (Å²) in [5, 5.41) is 2.69. The third-order valence-corrected chi connectivity index (χ3v) is 2.60. The predicted molar refractivity (Wildman–Crippen MR) is 54.8 cm³/mol. The molecule has 1 rings (SSSR count). The van der Waals surface area contributed by atoms with E-state index in [1.807, 2.05) is 13.8 Å². The lowest BCUT2D eigenvalue weighted by Gasteiger charge is -2.29. The number of alkyl halides is 2. The topological polar surface area (TPSA) is 29.1 Å². The van der Waals surface area contributed by atoms with Crippen LogP contribution >= 0.6 is 0 Å². The Morgan fingerprint density at radius 2 is 2.20 bits per heavy atom. The van der Waals surface area contributed by atoms with Gasteiger partial charge in [0.15, 0.2) is 0 Å². The number of hydrogen-bond acceptors (Lipinski definition) is 1. The Kier molecular flexibility index (Phi) is 4.05. The predicted octanol–water partition coefficient (Wildman–Crippen LogP) is 2.73. The van der Waals surface area contributed by atoms with Crippen LogP contribution in [0, 0.1) is 5.92 Å². The van der Waals surface area contributed by atoms with Gasteiger partial charge in [-0.15, -0.1) is 0 Å². The second kappa shape index (κ2) is 4.90. The van der Waals surface area contributed by atoms with Crippen LogP contribution in [-0.2, 0) is 4.79 Å². The first kappa shape index (κ1) is 12.4. The van der Waals surface area contributed by atoms with Gasteiger partial charge < -0.3 is 5.32 Å². The maximum Gasteiger partial charge on any atom is 0.250 e. The molecule has 1 amide bonds. The first-order valence-electron chi connectivity index (χ1n) is 5.56. The van der Waals surface area contributed by atoms with E-state index in [1.54, 1.807) is 0 Å². The molecule has 0 aliphatic heterocycles. The fraction of sp³-hybridized carbons (Fsp3) is 0.909. The number of halogens is 2. The van der Waals surface area contributed by atoms with Crippen molar-refractivity contribution in [2.45, 2.75) is 57.9 Å². The van der Waals surface area contributed by atoms with Crippen molar-refractivity contribution in [3.63, 3.8) is 0 Å². The molecule has 4 heteroatoms. The monoisotopic (exact) mass is 219 g/mol. The molecular formula is C11H19F2NO. The van der Waals surface area contributed by atoms with E-state index in [2.05, 4.69) is 5.32 Å². The fourth-order valence-corrected chi connectivity index (χ4v) is 1.95. The zero-order valence-electron chi connectivity index (χ0n) is 9.35. The molecule has 0 heterocycles. The molecule has 0 aromatic rings. The first-order chi connectivity index (χ1) is 6.89. The van der Waals surface area contributed by atoms with Crippen molar-refractivity contribution in [2.24, 2.45) is 5.92 Å². The van der Waals surface area contributed by atoms with E-state index in [0.29, 0.717) is 19.3 Å². The van der Waals surface area contributed by atoms with Gasteiger partial charge in [0.1, 0.15) is 0 Å². The Labute approximate surface area is 89.4 Å². The van der Waals surface area contributed by atoms with Crippen LogP contribution in [0.4, 0.5) is 8.78 Å². The van der Waals surface area contributed by atoms with E-state index in [0.717, 1.165) is 0 Å². The average Bonchev–Trinajstić information content (AvgIpc) is 1.99. The van der Waals surface area contributed by atoms with E-state index in [9.17, 15) is 13.6 Å². The van der Waals surface area contributed by atoms with Crippen molar-refractivity contribution in [1.29, 1.82) is 0 Å².